The number of hydrogen-bond donors (Lipinski definition) is 1. The van der Waals surface area contributed by atoms with Crippen molar-refractivity contribution in [3.63, 3.8) is 0 Å². The van der Waals surface area contributed by atoms with Gasteiger partial charge in [-0.15, -0.1) is 11.6 Å². The van der Waals surface area contributed by atoms with E-state index in [0.29, 0.717) is 19.3 Å². The number of ether oxygens (including phenoxy) is 1. The Morgan fingerprint density at radius 1 is 1.19 bits per heavy atom. The van der Waals surface area contributed by atoms with E-state index in [1.807, 2.05) is 6.07 Å². The molecule has 3 fully saturated rings. The van der Waals surface area contributed by atoms with E-state index in [2.05, 4.69) is 6.07 Å². The Hall–Kier alpha value is -0.810. The highest BCUT2D eigenvalue weighted by Crippen LogP contribution is 2.59. The molecule has 0 spiro atoms. The summed E-state index contributed by atoms with van der Waals surface area (Å²) in [5.74, 6) is -0.0925. The molecule has 5 heteroatoms. The molecule has 0 amide bonds. The van der Waals surface area contributed by atoms with Crippen molar-refractivity contribution in [3.8, 4) is 12.1 Å². The van der Waals surface area contributed by atoms with Crippen LogP contribution in [0, 0.1) is 34.5 Å². The summed E-state index contributed by atoms with van der Waals surface area (Å²) < 4.78 is 5.67. The molecule has 0 aromatic heterocycles. The molecular formula is C11H11ClN2O2. The molecule has 6 atom stereocenters. The zero-order valence-corrected chi connectivity index (χ0v) is 9.31. The second kappa shape index (κ2) is 2.90. The van der Waals surface area contributed by atoms with Gasteiger partial charge in [-0.25, -0.2) is 0 Å². The predicted octanol–water partition coefficient (Wildman–Crippen LogP) is 0.940. The number of halogens is 1. The van der Waals surface area contributed by atoms with Crippen LogP contribution in [0.15, 0.2) is 0 Å². The second-order valence-corrected chi connectivity index (χ2v) is 5.54. The molecule has 1 aliphatic heterocycles. The lowest BCUT2D eigenvalue weighted by atomic mass is 9.61. The molecular weight excluding hydrogens is 228 g/mol. The Balaban J connectivity index is 2.11. The molecule has 2 aliphatic carbocycles. The normalized spacial score (nSPS) is 58.0. The number of rotatable bonds is 0. The summed E-state index contributed by atoms with van der Waals surface area (Å²) in [6, 6.07) is 4.13. The number of nitrogens with zero attached hydrogens (tertiary/aromatic N) is 2. The number of alkyl halides is 1. The molecule has 1 heterocycles. The van der Waals surface area contributed by atoms with Gasteiger partial charge in [0.25, 0.3) is 0 Å². The molecule has 84 valence electrons. The van der Waals surface area contributed by atoms with Crippen molar-refractivity contribution in [2.75, 3.05) is 0 Å². The summed E-state index contributed by atoms with van der Waals surface area (Å²) in [5, 5.41) is 28.3. The van der Waals surface area contributed by atoms with E-state index in [9.17, 15) is 10.4 Å². The summed E-state index contributed by atoms with van der Waals surface area (Å²) in [6.45, 7) is 0. The van der Waals surface area contributed by atoms with Crippen molar-refractivity contribution in [1.82, 2.24) is 0 Å². The topological polar surface area (TPSA) is 77.0 Å². The van der Waals surface area contributed by atoms with Crippen molar-refractivity contribution < 1.29 is 9.84 Å². The van der Waals surface area contributed by atoms with Crippen molar-refractivity contribution in [3.05, 3.63) is 0 Å². The van der Waals surface area contributed by atoms with Gasteiger partial charge in [0.05, 0.1) is 11.4 Å². The maximum Gasteiger partial charge on any atom is 0.180 e. The van der Waals surface area contributed by atoms with Gasteiger partial charge < -0.3 is 9.84 Å². The SMILES string of the molecule is N#C[C@@]1(O)[C@H]2C[C@H]3C[C@@H]1O[C@@]3(C#N)[C@H](Cl)C2. The smallest absolute Gasteiger partial charge is 0.180 e. The van der Waals surface area contributed by atoms with Gasteiger partial charge in [0.15, 0.2) is 11.2 Å². The zero-order valence-electron chi connectivity index (χ0n) is 8.56. The number of fused-ring (bicyclic) bond motifs is 2. The average molecular weight is 239 g/mol. The summed E-state index contributed by atoms with van der Waals surface area (Å²) in [5.41, 5.74) is -2.44. The minimum Gasteiger partial charge on any atom is -0.373 e. The molecule has 0 aromatic carbocycles. The van der Waals surface area contributed by atoms with Crippen LogP contribution in [0.3, 0.4) is 0 Å². The van der Waals surface area contributed by atoms with E-state index in [0.717, 1.165) is 0 Å². The van der Waals surface area contributed by atoms with Crippen molar-refractivity contribution in [2.24, 2.45) is 11.8 Å². The lowest BCUT2D eigenvalue weighted by Crippen LogP contribution is -2.53. The monoisotopic (exact) mass is 238 g/mol. The number of aliphatic hydroxyl groups is 1. The van der Waals surface area contributed by atoms with E-state index in [-0.39, 0.29) is 11.8 Å². The molecule has 3 bridgehead atoms. The summed E-state index contributed by atoms with van der Waals surface area (Å²) in [4.78, 5) is 0. The van der Waals surface area contributed by atoms with Crippen LogP contribution in [0.25, 0.3) is 0 Å². The van der Waals surface area contributed by atoms with Crippen molar-refractivity contribution in [2.45, 2.75) is 41.9 Å². The van der Waals surface area contributed by atoms with Crippen molar-refractivity contribution >= 4 is 11.6 Å². The van der Waals surface area contributed by atoms with Gasteiger partial charge in [-0.2, -0.15) is 10.5 Å². The molecule has 2 saturated carbocycles. The lowest BCUT2D eigenvalue weighted by Gasteiger charge is -2.43. The van der Waals surface area contributed by atoms with Gasteiger partial charge >= 0.3 is 0 Å². The highest BCUT2D eigenvalue weighted by Gasteiger charge is 2.68. The fraction of sp³-hybridized carbons (Fsp3) is 0.818. The molecule has 16 heavy (non-hydrogen) atoms. The average Bonchev–Trinajstić information content (AvgIpc) is 2.61. The molecule has 4 nitrogen and oxygen atoms in total. The molecule has 3 rings (SSSR count). The maximum absolute atomic E-state index is 10.3. The van der Waals surface area contributed by atoms with E-state index in [4.69, 9.17) is 21.6 Å². The van der Waals surface area contributed by atoms with Crippen LogP contribution in [-0.4, -0.2) is 27.8 Å². The van der Waals surface area contributed by atoms with Crippen LogP contribution in [0.4, 0.5) is 0 Å². The fourth-order valence-corrected chi connectivity index (χ4v) is 4.01. The second-order valence-electron chi connectivity index (χ2n) is 5.02. The summed E-state index contributed by atoms with van der Waals surface area (Å²) >= 11 is 6.21. The van der Waals surface area contributed by atoms with Crippen LogP contribution in [0.2, 0.25) is 0 Å². The van der Waals surface area contributed by atoms with Crippen LogP contribution in [0.5, 0.6) is 0 Å². The van der Waals surface area contributed by atoms with Crippen LogP contribution < -0.4 is 0 Å². The Labute approximate surface area is 98.4 Å². The minimum absolute atomic E-state index is 0.0670. The van der Waals surface area contributed by atoms with Gasteiger partial charge in [0.2, 0.25) is 0 Å². The highest BCUT2D eigenvalue weighted by atomic mass is 35.5. The maximum atomic E-state index is 10.3. The van der Waals surface area contributed by atoms with Crippen LogP contribution >= 0.6 is 11.6 Å². The first kappa shape index (κ1) is 10.4. The molecule has 0 aromatic rings. The molecule has 3 aliphatic rings. The first-order valence-electron chi connectivity index (χ1n) is 5.43. The van der Waals surface area contributed by atoms with Gasteiger partial charge in [0.1, 0.15) is 12.2 Å². The fourth-order valence-electron chi connectivity index (χ4n) is 3.52. The highest BCUT2D eigenvalue weighted by molar-refractivity contribution is 6.21. The molecule has 0 unspecified atom stereocenters. The van der Waals surface area contributed by atoms with Gasteiger partial charge in [-0.05, 0) is 19.3 Å². The Bertz CT molecular complexity index is 427. The molecule has 1 saturated heterocycles. The standard InChI is InChI=1S/C11H11ClN2O2/c12-8-2-6-1-7-3-9(10(6,15)4-13)16-11(7,8)5-14/h6-9,15H,1-3H2/t6-,7-,8+,9-,10+,11+/m0/s1. The van der Waals surface area contributed by atoms with Gasteiger partial charge in [-0.1, -0.05) is 0 Å². The third-order valence-electron chi connectivity index (χ3n) is 4.44. The van der Waals surface area contributed by atoms with E-state index < -0.39 is 22.7 Å². The Morgan fingerprint density at radius 3 is 2.56 bits per heavy atom. The van der Waals surface area contributed by atoms with Crippen LogP contribution in [-0.2, 0) is 4.74 Å². The van der Waals surface area contributed by atoms with Gasteiger partial charge in [0, 0.05) is 11.8 Å². The minimum atomic E-state index is -1.46. The summed E-state index contributed by atoms with van der Waals surface area (Å²) in [7, 11) is 0. The lowest BCUT2D eigenvalue weighted by molar-refractivity contribution is -0.0894. The van der Waals surface area contributed by atoms with Crippen molar-refractivity contribution in [1.29, 1.82) is 10.5 Å². The zero-order chi connectivity index (χ0) is 11.6. The summed E-state index contributed by atoms with van der Waals surface area (Å²) in [6.07, 6.45) is 1.16. The van der Waals surface area contributed by atoms with E-state index in [1.54, 1.807) is 0 Å². The first-order valence-corrected chi connectivity index (χ1v) is 5.87. The quantitative estimate of drug-likeness (QED) is 0.503. The van der Waals surface area contributed by atoms with E-state index in [1.165, 1.54) is 0 Å². The third-order valence-corrected chi connectivity index (χ3v) is 4.94. The number of hydrogen-bond acceptors (Lipinski definition) is 4. The van der Waals surface area contributed by atoms with Crippen LogP contribution in [0.1, 0.15) is 19.3 Å². The Morgan fingerprint density at radius 2 is 1.94 bits per heavy atom. The largest absolute Gasteiger partial charge is 0.373 e. The Kier molecular flexibility index (Phi) is 1.87. The number of nitriles is 2. The van der Waals surface area contributed by atoms with E-state index >= 15 is 0 Å². The molecule has 0 radical (unpaired) electrons. The first-order chi connectivity index (χ1) is 7.56. The van der Waals surface area contributed by atoms with Gasteiger partial charge in [-0.3, -0.25) is 0 Å². The predicted molar refractivity (Wildman–Crippen MR) is 54.3 cm³/mol. The molecule has 1 N–H and O–H groups in total. The third kappa shape index (κ3) is 0.919.